The van der Waals surface area contributed by atoms with Crippen molar-refractivity contribution in [2.45, 2.75) is 26.9 Å². The smallest absolute Gasteiger partial charge is 0.244 e. The Morgan fingerprint density at radius 1 is 1.25 bits per heavy atom. The first kappa shape index (κ1) is 15.0. The highest BCUT2D eigenvalue weighted by atomic mass is 16.2. The van der Waals surface area contributed by atoms with E-state index in [9.17, 15) is 4.79 Å². The van der Waals surface area contributed by atoms with Crippen LogP contribution in [0.25, 0.3) is 0 Å². The Labute approximate surface area is 120 Å². The molecule has 1 aliphatic heterocycles. The summed E-state index contributed by atoms with van der Waals surface area (Å²) in [4.78, 5) is 16.5. The Hall–Kier alpha value is -1.40. The molecule has 0 spiro atoms. The van der Waals surface area contributed by atoms with Crippen LogP contribution in [0.15, 0.2) is 0 Å². The molecule has 0 saturated carbocycles. The fourth-order valence-corrected chi connectivity index (χ4v) is 2.60. The van der Waals surface area contributed by atoms with Crippen molar-refractivity contribution in [1.82, 2.24) is 24.9 Å². The zero-order chi connectivity index (χ0) is 14.7. The van der Waals surface area contributed by atoms with Gasteiger partial charge in [-0.25, -0.2) is 0 Å². The molecule has 0 bridgehead atoms. The van der Waals surface area contributed by atoms with Gasteiger partial charge in [-0.2, -0.15) is 5.10 Å². The maximum atomic E-state index is 12.3. The Morgan fingerprint density at radius 2 is 1.90 bits per heavy atom. The van der Waals surface area contributed by atoms with Crippen molar-refractivity contribution in [3.63, 3.8) is 0 Å². The van der Waals surface area contributed by atoms with Crippen molar-refractivity contribution in [1.29, 1.82) is 0 Å². The lowest BCUT2D eigenvalue weighted by Gasteiger charge is -2.32. The summed E-state index contributed by atoms with van der Waals surface area (Å²) in [5, 5.41) is 7.64. The maximum absolute atomic E-state index is 12.3. The molecular weight excluding hydrogens is 254 g/mol. The number of hydrogen-bond donors (Lipinski definition) is 1. The highest BCUT2D eigenvalue weighted by Crippen LogP contribution is 2.13. The number of hydrogen-bond acceptors (Lipinski definition) is 4. The standard InChI is InChI=1S/C14H25N5O/c1-11-13(9-15-3)12(2)19(16-11)10-14(20)18-7-5-17(4)6-8-18/h15H,5-10H2,1-4H3. The number of piperazine rings is 1. The predicted octanol–water partition coefficient (Wildman–Crippen LogP) is -0.00666. The third-order valence-corrected chi connectivity index (χ3v) is 4.03. The molecule has 1 aromatic rings. The predicted molar refractivity (Wildman–Crippen MR) is 78.5 cm³/mol. The summed E-state index contributed by atoms with van der Waals surface area (Å²) in [5.41, 5.74) is 3.28. The molecule has 1 aromatic heterocycles. The molecule has 0 aliphatic carbocycles. The van der Waals surface area contributed by atoms with Gasteiger partial charge in [0, 0.05) is 44.0 Å². The van der Waals surface area contributed by atoms with Crippen LogP contribution in [-0.4, -0.2) is 65.8 Å². The van der Waals surface area contributed by atoms with Crippen LogP contribution in [0.4, 0.5) is 0 Å². The van der Waals surface area contributed by atoms with Gasteiger partial charge in [0.05, 0.1) is 5.69 Å². The minimum absolute atomic E-state index is 0.166. The summed E-state index contributed by atoms with van der Waals surface area (Å²) in [7, 11) is 4.01. The van der Waals surface area contributed by atoms with Gasteiger partial charge in [0.1, 0.15) is 6.54 Å². The van der Waals surface area contributed by atoms with E-state index in [0.717, 1.165) is 44.1 Å². The second-order valence-electron chi connectivity index (χ2n) is 5.52. The van der Waals surface area contributed by atoms with Gasteiger partial charge < -0.3 is 15.1 Å². The monoisotopic (exact) mass is 279 g/mol. The molecule has 0 radical (unpaired) electrons. The highest BCUT2D eigenvalue weighted by Gasteiger charge is 2.21. The van der Waals surface area contributed by atoms with Crippen LogP contribution >= 0.6 is 0 Å². The molecule has 1 saturated heterocycles. The molecule has 0 atom stereocenters. The lowest BCUT2D eigenvalue weighted by molar-refractivity contribution is -0.133. The second kappa shape index (κ2) is 6.37. The first-order chi connectivity index (χ1) is 9.52. The Kier molecular flexibility index (Phi) is 4.77. The van der Waals surface area contributed by atoms with Crippen LogP contribution in [0.3, 0.4) is 0 Å². The Bertz CT molecular complexity index is 474. The van der Waals surface area contributed by atoms with E-state index >= 15 is 0 Å². The molecule has 1 aliphatic rings. The average Bonchev–Trinajstić information content (AvgIpc) is 2.67. The zero-order valence-corrected chi connectivity index (χ0v) is 12.9. The molecule has 6 heteroatoms. The Morgan fingerprint density at radius 3 is 2.50 bits per heavy atom. The van der Waals surface area contributed by atoms with Gasteiger partial charge in [-0.15, -0.1) is 0 Å². The van der Waals surface area contributed by atoms with Gasteiger partial charge >= 0.3 is 0 Å². The molecule has 1 amide bonds. The summed E-state index contributed by atoms with van der Waals surface area (Å²) in [5.74, 6) is 0.166. The number of carbonyl (C=O) groups excluding carboxylic acids is 1. The van der Waals surface area contributed by atoms with Crippen molar-refractivity contribution in [2.24, 2.45) is 0 Å². The second-order valence-corrected chi connectivity index (χ2v) is 5.52. The zero-order valence-electron chi connectivity index (χ0n) is 12.9. The fraction of sp³-hybridized carbons (Fsp3) is 0.714. The molecule has 1 N–H and O–H groups in total. The fourth-order valence-electron chi connectivity index (χ4n) is 2.60. The lowest BCUT2D eigenvalue weighted by Crippen LogP contribution is -2.48. The van der Waals surface area contributed by atoms with E-state index in [-0.39, 0.29) is 5.91 Å². The molecule has 20 heavy (non-hydrogen) atoms. The topological polar surface area (TPSA) is 53.4 Å². The summed E-state index contributed by atoms with van der Waals surface area (Å²) >= 11 is 0. The van der Waals surface area contributed by atoms with E-state index in [0.29, 0.717) is 6.54 Å². The van der Waals surface area contributed by atoms with Crippen molar-refractivity contribution >= 4 is 5.91 Å². The summed E-state index contributed by atoms with van der Waals surface area (Å²) in [6.45, 7) is 8.71. The number of rotatable bonds is 4. The van der Waals surface area contributed by atoms with Gasteiger partial charge in [-0.3, -0.25) is 9.48 Å². The lowest BCUT2D eigenvalue weighted by atomic mass is 10.2. The first-order valence-electron chi connectivity index (χ1n) is 7.16. The number of amides is 1. The van der Waals surface area contributed by atoms with Crippen molar-refractivity contribution < 1.29 is 4.79 Å². The van der Waals surface area contributed by atoms with E-state index in [1.54, 1.807) is 0 Å². The minimum atomic E-state index is 0.166. The van der Waals surface area contributed by atoms with Gasteiger partial charge in [0.15, 0.2) is 0 Å². The molecule has 6 nitrogen and oxygen atoms in total. The van der Waals surface area contributed by atoms with Crippen LogP contribution in [0.1, 0.15) is 17.0 Å². The summed E-state index contributed by atoms with van der Waals surface area (Å²) < 4.78 is 1.84. The molecule has 2 rings (SSSR count). The van der Waals surface area contributed by atoms with Crippen LogP contribution in [0.2, 0.25) is 0 Å². The van der Waals surface area contributed by atoms with Gasteiger partial charge in [0.2, 0.25) is 5.91 Å². The molecule has 0 aromatic carbocycles. The van der Waals surface area contributed by atoms with E-state index in [1.165, 1.54) is 5.56 Å². The third kappa shape index (κ3) is 3.19. The van der Waals surface area contributed by atoms with E-state index < -0.39 is 0 Å². The van der Waals surface area contributed by atoms with E-state index in [2.05, 4.69) is 22.4 Å². The highest BCUT2D eigenvalue weighted by molar-refractivity contribution is 5.76. The number of aromatic nitrogens is 2. The van der Waals surface area contributed by atoms with Crippen molar-refractivity contribution in [3.05, 3.63) is 17.0 Å². The SMILES string of the molecule is CNCc1c(C)nn(CC(=O)N2CCN(C)CC2)c1C. The summed E-state index contributed by atoms with van der Waals surface area (Å²) in [6.07, 6.45) is 0. The first-order valence-corrected chi connectivity index (χ1v) is 7.16. The maximum Gasteiger partial charge on any atom is 0.244 e. The van der Waals surface area contributed by atoms with Crippen molar-refractivity contribution in [3.8, 4) is 0 Å². The van der Waals surface area contributed by atoms with Crippen molar-refractivity contribution in [2.75, 3.05) is 40.3 Å². The minimum Gasteiger partial charge on any atom is -0.339 e. The number of aryl methyl sites for hydroxylation is 1. The molecule has 1 fully saturated rings. The molecular formula is C14H25N5O. The molecule has 2 heterocycles. The van der Waals surface area contributed by atoms with E-state index in [4.69, 9.17) is 0 Å². The molecule has 112 valence electrons. The van der Waals surface area contributed by atoms with E-state index in [1.807, 2.05) is 30.5 Å². The normalized spacial score (nSPS) is 16.7. The number of nitrogens with zero attached hydrogens (tertiary/aromatic N) is 4. The third-order valence-electron chi connectivity index (χ3n) is 4.03. The van der Waals surface area contributed by atoms with Gasteiger partial charge in [0.25, 0.3) is 0 Å². The summed E-state index contributed by atoms with van der Waals surface area (Å²) in [6, 6.07) is 0. The van der Waals surface area contributed by atoms with Crippen LogP contribution in [0, 0.1) is 13.8 Å². The Balaban J connectivity index is 2.03. The van der Waals surface area contributed by atoms with Gasteiger partial charge in [-0.1, -0.05) is 0 Å². The average molecular weight is 279 g/mol. The van der Waals surface area contributed by atoms with Crippen LogP contribution in [0.5, 0.6) is 0 Å². The largest absolute Gasteiger partial charge is 0.339 e. The quantitative estimate of drug-likeness (QED) is 0.842. The molecule has 0 unspecified atom stereocenters. The number of carbonyl (C=O) groups is 1. The number of likely N-dealkylation sites (N-methyl/N-ethyl adjacent to an activating group) is 1. The van der Waals surface area contributed by atoms with Crippen LogP contribution < -0.4 is 5.32 Å². The van der Waals surface area contributed by atoms with Crippen LogP contribution in [-0.2, 0) is 17.9 Å². The number of nitrogens with one attached hydrogen (secondary N) is 1. The van der Waals surface area contributed by atoms with Gasteiger partial charge in [-0.05, 0) is 27.9 Å².